The van der Waals surface area contributed by atoms with Gasteiger partial charge in [0.25, 0.3) is 0 Å². The van der Waals surface area contributed by atoms with Gasteiger partial charge in [0.1, 0.15) is 5.82 Å². The van der Waals surface area contributed by atoms with Gasteiger partial charge >= 0.3 is 0 Å². The normalized spacial score (nSPS) is 13.0. The number of benzene rings is 1. The van der Waals surface area contributed by atoms with E-state index in [1.165, 1.54) is 0 Å². The molecule has 1 nitrogen and oxygen atoms in total. The van der Waals surface area contributed by atoms with E-state index in [1.807, 2.05) is 13.8 Å². The first-order valence-electron chi connectivity index (χ1n) is 4.64. The minimum Gasteiger partial charge on any atom is -0.330 e. The van der Waals surface area contributed by atoms with E-state index in [1.54, 1.807) is 13.0 Å². The molecule has 1 atom stereocenters. The number of aryl methyl sites for hydroxylation is 1. The summed E-state index contributed by atoms with van der Waals surface area (Å²) in [7, 11) is 0. The second-order valence-electron chi connectivity index (χ2n) is 3.66. The second kappa shape index (κ2) is 4.41. The van der Waals surface area contributed by atoms with E-state index >= 15 is 0 Å². The average Bonchev–Trinajstić information content (AvgIpc) is 2.15. The Morgan fingerprint density at radius 3 is 2.57 bits per heavy atom. The van der Waals surface area contributed by atoms with E-state index in [0.717, 1.165) is 15.6 Å². The maximum absolute atomic E-state index is 13.8. The van der Waals surface area contributed by atoms with Crippen molar-refractivity contribution in [2.75, 3.05) is 6.54 Å². The predicted octanol–water partition coefficient (Wildman–Crippen LogP) is 3.27. The molecule has 0 amide bonds. The van der Waals surface area contributed by atoms with Crippen LogP contribution in [0.15, 0.2) is 10.5 Å². The van der Waals surface area contributed by atoms with Crippen LogP contribution in [0.2, 0.25) is 0 Å². The van der Waals surface area contributed by atoms with Crippen LogP contribution in [0.1, 0.15) is 29.5 Å². The maximum Gasteiger partial charge on any atom is 0.129 e. The molecular weight excluding hydrogens is 245 g/mol. The van der Waals surface area contributed by atoms with Gasteiger partial charge in [-0.05, 0) is 49.1 Å². The summed E-state index contributed by atoms with van der Waals surface area (Å²) in [6.07, 6.45) is 0. The molecule has 0 radical (unpaired) electrons. The SMILES string of the molecule is Cc1cc(Br)c(C)c(C(C)CN)c1F. The Hall–Kier alpha value is -0.410. The summed E-state index contributed by atoms with van der Waals surface area (Å²) in [4.78, 5) is 0. The van der Waals surface area contributed by atoms with Crippen molar-refractivity contribution in [3.8, 4) is 0 Å². The molecule has 0 aromatic heterocycles. The lowest BCUT2D eigenvalue weighted by Gasteiger charge is -2.16. The van der Waals surface area contributed by atoms with E-state index in [-0.39, 0.29) is 11.7 Å². The summed E-state index contributed by atoms with van der Waals surface area (Å²) in [6, 6.07) is 1.80. The van der Waals surface area contributed by atoms with Crippen LogP contribution in [0.25, 0.3) is 0 Å². The van der Waals surface area contributed by atoms with E-state index in [9.17, 15) is 4.39 Å². The minimum absolute atomic E-state index is 0.0613. The Balaban J connectivity index is 3.39. The smallest absolute Gasteiger partial charge is 0.129 e. The number of rotatable bonds is 2. The molecule has 0 aliphatic rings. The van der Waals surface area contributed by atoms with Gasteiger partial charge in [-0.3, -0.25) is 0 Å². The molecule has 78 valence electrons. The van der Waals surface area contributed by atoms with Crippen molar-refractivity contribution < 1.29 is 4.39 Å². The average molecular weight is 260 g/mol. The third-order valence-corrected chi connectivity index (χ3v) is 3.36. The molecule has 1 rings (SSSR count). The lowest BCUT2D eigenvalue weighted by atomic mass is 9.94. The second-order valence-corrected chi connectivity index (χ2v) is 4.52. The van der Waals surface area contributed by atoms with Crippen molar-refractivity contribution in [3.63, 3.8) is 0 Å². The van der Waals surface area contributed by atoms with Gasteiger partial charge in [-0.2, -0.15) is 0 Å². The number of nitrogens with two attached hydrogens (primary N) is 1. The lowest BCUT2D eigenvalue weighted by Crippen LogP contribution is -2.13. The maximum atomic E-state index is 13.8. The largest absolute Gasteiger partial charge is 0.330 e. The summed E-state index contributed by atoms with van der Waals surface area (Å²) in [6.45, 7) is 6.09. The number of hydrogen-bond acceptors (Lipinski definition) is 1. The van der Waals surface area contributed by atoms with Crippen LogP contribution in [0.3, 0.4) is 0 Å². The minimum atomic E-state index is -0.122. The molecule has 1 unspecified atom stereocenters. The van der Waals surface area contributed by atoms with E-state index in [4.69, 9.17) is 5.73 Å². The fourth-order valence-electron chi connectivity index (χ4n) is 1.57. The first-order valence-corrected chi connectivity index (χ1v) is 5.43. The van der Waals surface area contributed by atoms with Crippen molar-refractivity contribution in [1.29, 1.82) is 0 Å². The highest BCUT2D eigenvalue weighted by molar-refractivity contribution is 9.10. The van der Waals surface area contributed by atoms with Gasteiger partial charge in [0.2, 0.25) is 0 Å². The summed E-state index contributed by atoms with van der Waals surface area (Å²) >= 11 is 3.42. The Labute approximate surface area is 92.6 Å². The number of hydrogen-bond donors (Lipinski definition) is 1. The molecule has 14 heavy (non-hydrogen) atoms. The van der Waals surface area contributed by atoms with E-state index < -0.39 is 0 Å². The highest BCUT2D eigenvalue weighted by atomic mass is 79.9. The van der Waals surface area contributed by atoms with Crippen LogP contribution in [-0.2, 0) is 0 Å². The predicted molar refractivity (Wildman–Crippen MR) is 61.0 cm³/mol. The third-order valence-electron chi connectivity index (χ3n) is 2.53. The van der Waals surface area contributed by atoms with Crippen molar-refractivity contribution in [2.24, 2.45) is 5.73 Å². The lowest BCUT2D eigenvalue weighted by molar-refractivity contribution is 0.579. The molecule has 0 bridgehead atoms. The molecule has 0 spiro atoms. The molecule has 0 aliphatic carbocycles. The topological polar surface area (TPSA) is 26.0 Å². The first-order chi connectivity index (χ1) is 6.49. The van der Waals surface area contributed by atoms with Gasteiger partial charge in [-0.1, -0.05) is 22.9 Å². The first kappa shape index (κ1) is 11.7. The zero-order chi connectivity index (χ0) is 10.9. The molecule has 0 aliphatic heterocycles. The van der Waals surface area contributed by atoms with Gasteiger partial charge in [0, 0.05) is 4.47 Å². The van der Waals surface area contributed by atoms with Crippen LogP contribution in [0.5, 0.6) is 0 Å². The van der Waals surface area contributed by atoms with Crippen molar-refractivity contribution in [3.05, 3.63) is 33.0 Å². The molecule has 0 saturated carbocycles. The summed E-state index contributed by atoms with van der Waals surface area (Å²) in [5.74, 6) is -0.0603. The Bertz CT molecular complexity index is 323. The van der Waals surface area contributed by atoms with Crippen molar-refractivity contribution in [2.45, 2.75) is 26.7 Å². The summed E-state index contributed by atoms with van der Waals surface area (Å²) in [5, 5.41) is 0. The Morgan fingerprint density at radius 2 is 2.07 bits per heavy atom. The van der Waals surface area contributed by atoms with Crippen LogP contribution in [-0.4, -0.2) is 6.54 Å². The van der Waals surface area contributed by atoms with Crippen molar-refractivity contribution >= 4 is 15.9 Å². The zero-order valence-electron chi connectivity index (χ0n) is 8.70. The van der Waals surface area contributed by atoms with Crippen LogP contribution in [0, 0.1) is 19.7 Å². The molecule has 1 aromatic rings. The zero-order valence-corrected chi connectivity index (χ0v) is 10.3. The molecule has 2 N–H and O–H groups in total. The third kappa shape index (κ3) is 1.98. The van der Waals surface area contributed by atoms with Crippen LogP contribution >= 0.6 is 15.9 Å². The van der Waals surface area contributed by atoms with Gasteiger partial charge in [-0.25, -0.2) is 4.39 Å². The van der Waals surface area contributed by atoms with Crippen LogP contribution < -0.4 is 5.73 Å². The standard InChI is InChI=1S/C11H15BrFN/c1-6-4-9(12)8(3)10(11(6)13)7(2)5-14/h4,7H,5,14H2,1-3H3. The van der Waals surface area contributed by atoms with E-state index in [0.29, 0.717) is 12.1 Å². The fraction of sp³-hybridized carbons (Fsp3) is 0.455. The summed E-state index contributed by atoms with van der Waals surface area (Å²) in [5.41, 5.74) is 7.91. The molecule has 0 saturated heterocycles. The van der Waals surface area contributed by atoms with Gasteiger partial charge in [0.05, 0.1) is 0 Å². The number of halogens is 2. The Kier molecular flexibility index (Phi) is 3.67. The Morgan fingerprint density at radius 1 is 1.50 bits per heavy atom. The molecule has 0 fully saturated rings. The van der Waals surface area contributed by atoms with Gasteiger partial charge < -0.3 is 5.73 Å². The fourth-order valence-corrected chi connectivity index (χ4v) is 2.13. The van der Waals surface area contributed by atoms with Gasteiger partial charge in [0.15, 0.2) is 0 Å². The highest BCUT2D eigenvalue weighted by Crippen LogP contribution is 2.30. The van der Waals surface area contributed by atoms with Gasteiger partial charge in [-0.15, -0.1) is 0 Å². The monoisotopic (exact) mass is 259 g/mol. The molecule has 3 heteroatoms. The molecule has 1 aromatic carbocycles. The van der Waals surface area contributed by atoms with Crippen molar-refractivity contribution in [1.82, 2.24) is 0 Å². The quantitative estimate of drug-likeness (QED) is 0.867. The van der Waals surface area contributed by atoms with E-state index in [2.05, 4.69) is 15.9 Å². The highest BCUT2D eigenvalue weighted by Gasteiger charge is 2.16. The molecule has 0 heterocycles. The van der Waals surface area contributed by atoms with Crippen LogP contribution in [0.4, 0.5) is 4.39 Å². The summed E-state index contributed by atoms with van der Waals surface area (Å²) < 4.78 is 14.8. The molecular formula is C11H15BrFN.